The summed E-state index contributed by atoms with van der Waals surface area (Å²) in [4.78, 5) is 27.0. The van der Waals surface area contributed by atoms with Crippen molar-refractivity contribution < 1.29 is 19.1 Å². The molecule has 1 aliphatic rings. The largest absolute Gasteiger partial charge is 0.497 e. The molecule has 156 valence electrons. The van der Waals surface area contributed by atoms with Crippen molar-refractivity contribution >= 4 is 17.5 Å². The Morgan fingerprint density at radius 3 is 2.59 bits per heavy atom. The zero-order chi connectivity index (χ0) is 20.8. The molecule has 29 heavy (non-hydrogen) atoms. The Kier molecular flexibility index (Phi) is 6.74. The molecule has 8 heteroatoms. The van der Waals surface area contributed by atoms with Gasteiger partial charge in [-0.25, -0.2) is 0 Å². The molecule has 1 fully saturated rings. The van der Waals surface area contributed by atoms with E-state index < -0.39 is 0 Å². The number of ether oxygens (including phenoxy) is 2. The molecule has 8 nitrogen and oxygen atoms in total. The molecule has 0 aliphatic carbocycles. The Labute approximate surface area is 170 Å². The SMILES string of the molecule is COc1cc(NC(=O)CC[C@H]2CCCN(C(=O)c3cn[nH]c3C)C2)cc(OC)c1. The van der Waals surface area contributed by atoms with Crippen LogP contribution < -0.4 is 14.8 Å². The molecule has 2 heterocycles. The quantitative estimate of drug-likeness (QED) is 0.745. The van der Waals surface area contributed by atoms with Crippen molar-refractivity contribution in [1.29, 1.82) is 0 Å². The number of aryl methyl sites for hydroxylation is 1. The van der Waals surface area contributed by atoms with Crippen molar-refractivity contribution in [2.75, 3.05) is 32.6 Å². The third kappa shape index (κ3) is 5.28. The molecule has 2 amide bonds. The number of benzene rings is 1. The minimum Gasteiger partial charge on any atom is -0.497 e. The molecule has 1 aromatic heterocycles. The van der Waals surface area contributed by atoms with Gasteiger partial charge < -0.3 is 19.7 Å². The molecule has 0 saturated carbocycles. The molecule has 1 saturated heterocycles. The zero-order valence-corrected chi connectivity index (χ0v) is 17.2. The predicted octanol–water partition coefficient (Wildman–Crippen LogP) is 3.01. The van der Waals surface area contributed by atoms with Crippen LogP contribution >= 0.6 is 0 Å². The minimum absolute atomic E-state index is 0.00822. The third-order valence-electron chi connectivity index (χ3n) is 5.28. The number of nitrogens with one attached hydrogen (secondary N) is 2. The average molecular weight is 400 g/mol. The van der Waals surface area contributed by atoms with Crippen LogP contribution in [0.4, 0.5) is 5.69 Å². The summed E-state index contributed by atoms with van der Waals surface area (Å²) >= 11 is 0. The van der Waals surface area contributed by atoms with E-state index in [1.807, 2.05) is 11.8 Å². The van der Waals surface area contributed by atoms with Crippen LogP contribution in [0.5, 0.6) is 11.5 Å². The predicted molar refractivity (Wildman–Crippen MR) is 109 cm³/mol. The normalized spacial score (nSPS) is 16.4. The summed E-state index contributed by atoms with van der Waals surface area (Å²) in [6.07, 6.45) is 4.69. The second-order valence-corrected chi connectivity index (χ2v) is 7.36. The summed E-state index contributed by atoms with van der Waals surface area (Å²) in [5.41, 5.74) is 2.04. The van der Waals surface area contributed by atoms with Crippen LogP contribution in [0.2, 0.25) is 0 Å². The van der Waals surface area contributed by atoms with Crippen LogP contribution in [0.1, 0.15) is 41.7 Å². The van der Waals surface area contributed by atoms with Crippen molar-refractivity contribution in [2.24, 2.45) is 5.92 Å². The first-order valence-electron chi connectivity index (χ1n) is 9.82. The Balaban J connectivity index is 1.52. The smallest absolute Gasteiger partial charge is 0.257 e. The number of anilines is 1. The molecule has 2 N–H and O–H groups in total. The Morgan fingerprint density at radius 1 is 1.24 bits per heavy atom. The Bertz CT molecular complexity index is 842. The first-order valence-corrected chi connectivity index (χ1v) is 9.82. The molecule has 0 unspecified atom stereocenters. The van der Waals surface area contributed by atoms with Gasteiger partial charge in [0, 0.05) is 49.1 Å². The highest BCUT2D eigenvalue weighted by Crippen LogP contribution is 2.27. The van der Waals surface area contributed by atoms with Gasteiger partial charge in [0.25, 0.3) is 5.91 Å². The van der Waals surface area contributed by atoms with E-state index in [0.29, 0.717) is 41.6 Å². The van der Waals surface area contributed by atoms with Crippen LogP contribution in [-0.4, -0.2) is 54.2 Å². The average Bonchev–Trinajstić information content (AvgIpc) is 3.17. The van der Waals surface area contributed by atoms with E-state index in [1.165, 1.54) is 0 Å². The van der Waals surface area contributed by atoms with Gasteiger partial charge in [-0.15, -0.1) is 0 Å². The number of methoxy groups -OCH3 is 2. The number of aromatic nitrogens is 2. The van der Waals surface area contributed by atoms with Crippen molar-refractivity contribution in [2.45, 2.75) is 32.6 Å². The van der Waals surface area contributed by atoms with Gasteiger partial charge in [-0.2, -0.15) is 5.10 Å². The van der Waals surface area contributed by atoms with Crippen LogP contribution in [0.15, 0.2) is 24.4 Å². The monoisotopic (exact) mass is 400 g/mol. The number of nitrogens with zero attached hydrogens (tertiary/aromatic N) is 2. The summed E-state index contributed by atoms with van der Waals surface area (Å²) in [5, 5.41) is 9.65. The van der Waals surface area contributed by atoms with E-state index in [-0.39, 0.29) is 11.8 Å². The van der Waals surface area contributed by atoms with Crippen LogP contribution in [0.25, 0.3) is 0 Å². The van der Waals surface area contributed by atoms with Gasteiger partial charge >= 0.3 is 0 Å². The highest BCUT2D eigenvalue weighted by molar-refractivity contribution is 5.95. The summed E-state index contributed by atoms with van der Waals surface area (Å²) in [5.74, 6) is 1.50. The number of likely N-dealkylation sites (tertiary alicyclic amines) is 1. The van der Waals surface area contributed by atoms with E-state index in [9.17, 15) is 9.59 Å². The molecule has 0 radical (unpaired) electrons. The number of piperidine rings is 1. The maximum absolute atomic E-state index is 12.7. The minimum atomic E-state index is -0.0607. The number of carbonyl (C=O) groups is 2. The number of hydrogen-bond donors (Lipinski definition) is 2. The van der Waals surface area contributed by atoms with Gasteiger partial charge in [-0.05, 0) is 32.1 Å². The summed E-state index contributed by atoms with van der Waals surface area (Å²) in [6, 6.07) is 5.27. The van der Waals surface area contributed by atoms with Gasteiger partial charge in [0.2, 0.25) is 5.91 Å². The molecular formula is C21H28N4O4. The lowest BCUT2D eigenvalue weighted by Crippen LogP contribution is -2.40. The van der Waals surface area contributed by atoms with Crippen LogP contribution in [-0.2, 0) is 4.79 Å². The Morgan fingerprint density at radius 2 is 1.97 bits per heavy atom. The van der Waals surface area contributed by atoms with Gasteiger partial charge in [-0.3, -0.25) is 14.7 Å². The molecule has 0 spiro atoms. The number of hydrogen-bond acceptors (Lipinski definition) is 5. The van der Waals surface area contributed by atoms with E-state index in [2.05, 4.69) is 15.5 Å². The molecule has 3 rings (SSSR count). The highest BCUT2D eigenvalue weighted by atomic mass is 16.5. The van der Waals surface area contributed by atoms with Crippen molar-refractivity contribution in [1.82, 2.24) is 15.1 Å². The number of aromatic amines is 1. The lowest BCUT2D eigenvalue weighted by atomic mass is 9.93. The molecular weight excluding hydrogens is 372 g/mol. The van der Waals surface area contributed by atoms with Crippen molar-refractivity contribution in [3.63, 3.8) is 0 Å². The second-order valence-electron chi connectivity index (χ2n) is 7.36. The molecule has 2 aromatic rings. The fraction of sp³-hybridized carbons (Fsp3) is 0.476. The molecule has 1 atom stereocenters. The third-order valence-corrected chi connectivity index (χ3v) is 5.28. The number of H-pyrrole nitrogens is 1. The lowest BCUT2D eigenvalue weighted by molar-refractivity contribution is -0.116. The highest BCUT2D eigenvalue weighted by Gasteiger charge is 2.26. The first kappa shape index (κ1) is 20.7. The van der Waals surface area contributed by atoms with Crippen molar-refractivity contribution in [3.05, 3.63) is 35.7 Å². The maximum Gasteiger partial charge on any atom is 0.257 e. The van der Waals surface area contributed by atoms with E-state index >= 15 is 0 Å². The van der Waals surface area contributed by atoms with E-state index in [1.54, 1.807) is 38.6 Å². The zero-order valence-electron chi connectivity index (χ0n) is 17.2. The fourth-order valence-electron chi connectivity index (χ4n) is 3.66. The number of rotatable bonds is 7. The fourth-order valence-corrected chi connectivity index (χ4v) is 3.66. The molecule has 0 bridgehead atoms. The lowest BCUT2D eigenvalue weighted by Gasteiger charge is -2.32. The summed E-state index contributed by atoms with van der Waals surface area (Å²) in [6.45, 7) is 3.26. The molecule has 1 aromatic carbocycles. The standard InChI is InChI=1S/C21H28N4O4/c1-14-19(12-22-24-14)21(27)25-8-4-5-15(13-25)6-7-20(26)23-16-9-17(28-2)11-18(10-16)29-3/h9-12,15H,4-8,13H2,1-3H3,(H,22,24)(H,23,26)/t15-/m1/s1. The summed E-state index contributed by atoms with van der Waals surface area (Å²) < 4.78 is 10.5. The van der Waals surface area contributed by atoms with E-state index in [0.717, 1.165) is 31.5 Å². The van der Waals surface area contributed by atoms with Gasteiger partial charge in [0.15, 0.2) is 0 Å². The van der Waals surface area contributed by atoms with Gasteiger partial charge in [0.05, 0.1) is 26.0 Å². The summed E-state index contributed by atoms with van der Waals surface area (Å²) in [7, 11) is 3.14. The van der Waals surface area contributed by atoms with Gasteiger partial charge in [0.1, 0.15) is 11.5 Å². The van der Waals surface area contributed by atoms with E-state index in [4.69, 9.17) is 9.47 Å². The second kappa shape index (κ2) is 9.45. The van der Waals surface area contributed by atoms with Crippen LogP contribution in [0, 0.1) is 12.8 Å². The van der Waals surface area contributed by atoms with Gasteiger partial charge in [-0.1, -0.05) is 0 Å². The number of carbonyl (C=O) groups excluding carboxylic acids is 2. The first-order chi connectivity index (χ1) is 14.0. The van der Waals surface area contributed by atoms with Crippen molar-refractivity contribution in [3.8, 4) is 11.5 Å². The molecule has 1 aliphatic heterocycles. The number of amides is 2. The maximum atomic E-state index is 12.7. The topological polar surface area (TPSA) is 96.5 Å². The Hall–Kier alpha value is -3.03. The van der Waals surface area contributed by atoms with Crippen LogP contribution in [0.3, 0.4) is 0 Å².